The first-order chi connectivity index (χ1) is 10.0. The Kier molecular flexibility index (Phi) is 4.31. The summed E-state index contributed by atoms with van der Waals surface area (Å²) in [5.41, 5.74) is 0. The Balaban J connectivity index is 1.59. The van der Waals surface area contributed by atoms with E-state index in [1.54, 1.807) is 0 Å². The topological polar surface area (TPSA) is 76.9 Å². The Morgan fingerprint density at radius 1 is 1.19 bits per heavy atom. The van der Waals surface area contributed by atoms with Crippen molar-refractivity contribution < 1.29 is 8.42 Å². The molecule has 0 aromatic carbocycles. The summed E-state index contributed by atoms with van der Waals surface area (Å²) in [7, 11) is -3.18. The van der Waals surface area contributed by atoms with Gasteiger partial charge in [0.2, 0.25) is 10.0 Å². The largest absolute Gasteiger partial charge is 0.314 e. The lowest BCUT2D eigenvalue weighted by atomic mass is 9.91. The lowest BCUT2D eigenvalue weighted by Crippen LogP contribution is -2.43. The van der Waals surface area contributed by atoms with Gasteiger partial charge in [0.1, 0.15) is 11.6 Å². The minimum Gasteiger partial charge on any atom is -0.314 e. The maximum atomic E-state index is 12.4. The number of aromatic nitrogens is 3. The number of rotatable bonds is 4. The van der Waals surface area contributed by atoms with Gasteiger partial charge in [0.05, 0.1) is 5.75 Å². The highest BCUT2D eigenvalue weighted by molar-refractivity contribution is 7.89. The third-order valence-corrected chi connectivity index (χ3v) is 6.26. The number of nitrogens with one attached hydrogen (secondary N) is 1. The molecule has 6 nitrogen and oxygen atoms in total. The van der Waals surface area contributed by atoms with Gasteiger partial charge < -0.3 is 4.57 Å². The van der Waals surface area contributed by atoms with Gasteiger partial charge >= 0.3 is 0 Å². The van der Waals surface area contributed by atoms with Crippen LogP contribution in [0.3, 0.4) is 0 Å². The van der Waals surface area contributed by atoms with Crippen LogP contribution in [-0.4, -0.2) is 35.0 Å². The maximum absolute atomic E-state index is 12.4. The van der Waals surface area contributed by atoms with Gasteiger partial charge in [-0.15, -0.1) is 10.2 Å². The van der Waals surface area contributed by atoms with Gasteiger partial charge in [-0.3, -0.25) is 0 Å². The average Bonchev–Trinajstić information content (AvgIpc) is 2.80. The van der Waals surface area contributed by atoms with Crippen LogP contribution in [0.2, 0.25) is 0 Å². The summed E-state index contributed by atoms with van der Waals surface area (Å²) < 4.78 is 29.6. The molecule has 0 amide bonds. The van der Waals surface area contributed by atoms with Crippen molar-refractivity contribution in [2.24, 2.45) is 5.92 Å². The first-order valence-electron chi connectivity index (χ1n) is 7.92. The molecule has 0 spiro atoms. The second kappa shape index (κ2) is 6.04. The lowest BCUT2D eigenvalue weighted by molar-refractivity contribution is 0.378. The molecule has 2 heterocycles. The van der Waals surface area contributed by atoms with Gasteiger partial charge in [0, 0.05) is 19.0 Å². The maximum Gasteiger partial charge on any atom is 0.212 e. The van der Waals surface area contributed by atoms with Crippen LogP contribution in [0, 0.1) is 12.8 Å². The summed E-state index contributed by atoms with van der Waals surface area (Å²) in [6.07, 6.45) is 7.31. The molecule has 0 bridgehead atoms. The molecule has 0 radical (unpaired) electrons. The summed E-state index contributed by atoms with van der Waals surface area (Å²) in [5.74, 6) is 2.46. The molecule has 1 N–H and O–H groups in total. The third-order valence-electron chi connectivity index (χ3n) is 4.66. The quantitative estimate of drug-likeness (QED) is 0.911. The van der Waals surface area contributed by atoms with E-state index < -0.39 is 10.0 Å². The standard InChI is InChI=1S/C14H24N4O2S/c1-11-15-16-14-8-7-13(9-18(11)14)17-21(19,20)10-12-5-3-2-4-6-12/h12-13,17H,2-10H2,1H3/t13-/m1/s1. The predicted molar refractivity (Wildman–Crippen MR) is 80.4 cm³/mol. The molecule has 2 aliphatic rings. The summed E-state index contributed by atoms with van der Waals surface area (Å²) in [5, 5.41) is 8.18. The molecule has 1 fully saturated rings. The van der Waals surface area contributed by atoms with Crippen LogP contribution >= 0.6 is 0 Å². The van der Waals surface area contributed by atoms with Crippen LogP contribution in [0.4, 0.5) is 0 Å². The number of aryl methyl sites for hydroxylation is 2. The van der Waals surface area contributed by atoms with E-state index in [-0.39, 0.29) is 11.8 Å². The van der Waals surface area contributed by atoms with Gasteiger partial charge in [0.15, 0.2) is 0 Å². The fourth-order valence-electron chi connectivity index (χ4n) is 3.52. The number of hydrogen-bond acceptors (Lipinski definition) is 4. The third kappa shape index (κ3) is 3.63. The normalized spacial score (nSPS) is 24.0. The summed E-state index contributed by atoms with van der Waals surface area (Å²) in [6, 6.07) is -0.0270. The average molecular weight is 312 g/mol. The van der Waals surface area contributed by atoms with Gasteiger partial charge in [-0.2, -0.15) is 0 Å². The predicted octanol–water partition coefficient (Wildman–Crippen LogP) is 1.40. The zero-order chi connectivity index (χ0) is 14.9. The van der Waals surface area contributed by atoms with Crippen molar-refractivity contribution in [3.8, 4) is 0 Å². The van der Waals surface area contributed by atoms with Gasteiger partial charge in [0.25, 0.3) is 0 Å². The first kappa shape index (κ1) is 15.0. The van der Waals surface area contributed by atoms with Crippen LogP contribution in [0.1, 0.15) is 50.2 Å². The van der Waals surface area contributed by atoms with E-state index in [1.165, 1.54) is 19.3 Å². The molecule has 1 aliphatic heterocycles. The summed E-state index contributed by atoms with van der Waals surface area (Å²) >= 11 is 0. The molecular weight excluding hydrogens is 288 g/mol. The lowest BCUT2D eigenvalue weighted by Gasteiger charge is -2.26. The van der Waals surface area contributed by atoms with Crippen molar-refractivity contribution >= 4 is 10.0 Å². The van der Waals surface area contributed by atoms with E-state index in [1.807, 2.05) is 11.5 Å². The molecule has 0 unspecified atom stereocenters. The minimum absolute atomic E-state index is 0.0270. The highest BCUT2D eigenvalue weighted by Crippen LogP contribution is 2.25. The summed E-state index contributed by atoms with van der Waals surface area (Å²) in [6.45, 7) is 2.56. The zero-order valence-electron chi connectivity index (χ0n) is 12.6. The molecular formula is C14H24N4O2S. The van der Waals surface area contributed by atoms with Crippen LogP contribution in [-0.2, 0) is 23.0 Å². The fraction of sp³-hybridized carbons (Fsp3) is 0.857. The van der Waals surface area contributed by atoms with E-state index >= 15 is 0 Å². The molecule has 1 saturated carbocycles. The molecule has 1 aliphatic carbocycles. The Bertz CT molecular complexity index is 590. The molecule has 21 heavy (non-hydrogen) atoms. The smallest absolute Gasteiger partial charge is 0.212 e. The number of fused-ring (bicyclic) bond motifs is 1. The molecule has 0 saturated heterocycles. The number of nitrogens with zero attached hydrogens (tertiary/aromatic N) is 3. The van der Waals surface area contributed by atoms with E-state index in [0.717, 1.165) is 37.3 Å². The Morgan fingerprint density at radius 2 is 1.95 bits per heavy atom. The van der Waals surface area contributed by atoms with Crippen molar-refractivity contribution in [3.63, 3.8) is 0 Å². The highest BCUT2D eigenvalue weighted by atomic mass is 32.2. The second-order valence-corrected chi connectivity index (χ2v) is 8.21. The molecule has 3 rings (SSSR count). The van der Waals surface area contributed by atoms with Crippen molar-refractivity contribution in [2.45, 2.75) is 64.5 Å². The van der Waals surface area contributed by atoms with Crippen molar-refractivity contribution in [1.82, 2.24) is 19.5 Å². The number of sulfonamides is 1. The molecule has 1 aromatic heterocycles. The second-order valence-electron chi connectivity index (χ2n) is 6.41. The van der Waals surface area contributed by atoms with E-state index in [2.05, 4.69) is 14.9 Å². The van der Waals surface area contributed by atoms with Crippen LogP contribution < -0.4 is 4.72 Å². The molecule has 1 aromatic rings. The highest BCUT2D eigenvalue weighted by Gasteiger charge is 2.27. The van der Waals surface area contributed by atoms with Crippen LogP contribution in [0.15, 0.2) is 0 Å². The van der Waals surface area contributed by atoms with Gasteiger partial charge in [-0.05, 0) is 32.1 Å². The fourth-order valence-corrected chi connectivity index (χ4v) is 5.28. The molecule has 7 heteroatoms. The van der Waals surface area contributed by atoms with Crippen LogP contribution in [0.25, 0.3) is 0 Å². The minimum atomic E-state index is -3.18. The van der Waals surface area contributed by atoms with E-state index in [4.69, 9.17) is 0 Å². The first-order valence-corrected chi connectivity index (χ1v) is 9.57. The van der Waals surface area contributed by atoms with E-state index in [0.29, 0.717) is 12.5 Å². The van der Waals surface area contributed by atoms with Crippen molar-refractivity contribution in [2.75, 3.05) is 5.75 Å². The summed E-state index contributed by atoms with van der Waals surface area (Å²) in [4.78, 5) is 0. The molecule has 118 valence electrons. The zero-order valence-corrected chi connectivity index (χ0v) is 13.4. The number of hydrogen-bond donors (Lipinski definition) is 1. The Hall–Kier alpha value is -0.950. The van der Waals surface area contributed by atoms with Crippen molar-refractivity contribution in [1.29, 1.82) is 0 Å². The monoisotopic (exact) mass is 312 g/mol. The van der Waals surface area contributed by atoms with E-state index in [9.17, 15) is 8.42 Å². The Labute approximate surface area is 126 Å². The van der Waals surface area contributed by atoms with Crippen LogP contribution in [0.5, 0.6) is 0 Å². The van der Waals surface area contributed by atoms with Gasteiger partial charge in [-0.1, -0.05) is 19.3 Å². The van der Waals surface area contributed by atoms with Crippen molar-refractivity contribution in [3.05, 3.63) is 11.6 Å². The SMILES string of the molecule is Cc1nnc2n1C[C@H](NS(=O)(=O)CC1CCCCC1)CC2. The van der Waals surface area contributed by atoms with Gasteiger partial charge in [-0.25, -0.2) is 13.1 Å². The molecule has 1 atom stereocenters. The Morgan fingerprint density at radius 3 is 2.71 bits per heavy atom.